The molecule has 0 heterocycles. The minimum absolute atomic E-state index is 0.0475. The molecule has 0 spiro atoms. The summed E-state index contributed by atoms with van der Waals surface area (Å²) in [6.45, 7) is -0.621. The highest BCUT2D eigenvalue weighted by molar-refractivity contribution is 9.10. The quantitative estimate of drug-likeness (QED) is 0.399. The lowest BCUT2D eigenvalue weighted by atomic mass is 10.0. The molecular weight excluding hydrogens is 549 g/mol. The summed E-state index contributed by atoms with van der Waals surface area (Å²) in [5.41, 5.74) is 1.33. The SMILES string of the molecule is CNC(=O)C(Cc1ccccc1)N(Cc1ccc(Br)cc1)C(=O)CN(c1ccccc1F)S(C)(=O)=O. The Balaban J connectivity index is 2.03. The van der Waals surface area contributed by atoms with Crippen molar-refractivity contribution in [2.24, 2.45) is 0 Å². The number of carbonyl (C=O) groups is 2. The van der Waals surface area contributed by atoms with Crippen molar-refractivity contribution in [3.63, 3.8) is 0 Å². The monoisotopic (exact) mass is 575 g/mol. The van der Waals surface area contributed by atoms with Crippen LogP contribution in [0.15, 0.2) is 83.3 Å². The molecule has 0 saturated carbocycles. The van der Waals surface area contributed by atoms with Crippen LogP contribution in [0.1, 0.15) is 11.1 Å². The summed E-state index contributed by atoms with van der Waals surface area (Å²) >= 11 is 3.38. The van der Waals surface area contributed by atoms with Crippen molar-refractivity contribution in [2.75, 3.05) is 24.2 Å². The molecule has 7 nitrogen and oxygen atoms in total. The Morgan fingerprint density at radius 3 is 2.14 bits per heavy atom. The number of para-hydroxylation sites is 1. The number of carbonyl (C=O) groups excluding carboxylic acids is 2. The van der Waals surface area contributed by atoms with Gasteiger partial charge in [0.25, 0.3) is 0 Å². The minimum atomic E-state index is -4.02. The van der Waals surface area contributed by atoms with E-state index < -0.39 is 40.2 Å². The molecule has 3 aromatic rings. The minimum Gasteiger partial charge on any atom is -0.357 e. The first-order chi connectivity index (χ1) is 17.1. The van der Waals surface area contributed by atoms with Crippen LogP contribution >= 0.6 is 15.9 Å². The summed E-state index contributed by atoms with van der Waals surface area (Å²) in [7, 11) is -2.54. The lowest BCUT2D eigenvalue weighted by Crippen LogP contribution is -2.53. The Labute approximate surface area is 219 Å². The Morgan fingerprint density at radius 1 is 0.944 bits per heavy atom. The summed E-state index contributed by atoms with van der Waals surface area (Å²) in [4.78, 5) is 28.1. The van der Waals surface area contributed by atoms with Crippen molar-refractivity contribution in [3.8, 4) is 0 Å². The van der Waals surface area contributed by atoms with Gasteiger partial charge in [-0.25, -0.2) is 12.8 Å². The molecule has 1 atom stereocenters. The van der Waals surface area contributed by atoms with Gasteiger partial charge in [0, 0.05) is 24.5 Å². The third kappa shape index (κ3) is 7.14. The molecule has 3 aromatic carbocycles. The average molecular weight is 576 g/mol. The smallest absolute Gasteiger partial charge is 0.244 e. The van der Waals surface area contributed by atoms with Crippen LogP contribution in [0.2, 0.25) is 0 Å². The highest BCUT2D eigenvalue weighted by Crippen LogP contribution is 2.23. The first-order valence-corrected chi connectivity index (χ1v) is 13.8. The lowest BCUT2D eigenvalue weighted by Gasteiger charge is -2.33. The highest BCUT2D eigenvalue weighted by atomic mass is 79.9. The Bertz CT molecular complexity index is 1300. The van der Waals surface area contributed by atoms with E-state index in [-0.39, 0.29) is 18.7 Å². The fourth-order valence-electron chi connectivity index (χ4n) is 3.76. The van der Waals surface area contributed by atoms with Crippen molar-refractivity contribution in [1.82, 2.24) is 10.2 Å². The molecule has 0 aromatic heterocycles. The van der Waals surface area contributed by atoms with Crippen LogP contribution in [0.5, 0.6) is 0 Å². The molecule has 0 aliphatic heterocycles. The first-order valence-electron chi connectivity index (χ1n) is 11.1. The highest BCUT2D eigenvalue weighted by Gasteiger charge is 2.33. The van der Waals surface area contributed by atoms with Gasteiger partial charge in [0.2, 0.25) is 21.8 Å². The van der Waals surface area contributed by atoms with Crippen LogP contribution in [0.25, 0.3) is 0 Å². The van der Waals surface area contributed by atoms with E-state index in [0.717, 1.165) is 32.2 Å². The van der Waals surface area contributed by atoms with Gasteiger partial charge in [0.1, 0.15) is 18.4 Å². The summed E-state index contributed by atoms with van der Waals surface area (Å²) in [6, 6.07) is 20.9. The number of nitrogens with one attached hydrogen (secondary N) is 1. The maximum absolute atomic E-state index is 14.5. The van der Waals surface area contributed by atoms with Gasteiger partial charge in [0.15, 0.2) is 0 Å². The molecule has 0 radical (unpaired) electrons. The number of rotatable bonds is 10. The van der Waals surface area contributed by atoms with Crippen LogP contribution in [0.3, 0.4) is 0 Å². The van der Waals surface area contributed by atoms with E-state index in [4.69, 9.17) is 0 Å². The number of anilines is 1. The lowest BCUT2D eigenvalue weighted by molar-refractivity contribution is -0.139. The molecule has 36 heavy (non-hydrogen) atoms. The molecular formula is C26H27BrFN3O4S. The summed E-state index contributed by atoms with van der Waals surface area (Å²) < 4.78 is 41.3. The molecule has 2 amide bonds. The van der Waals surface area contributed by atoms with Gasteiger partial charge in [0.05, 0.1) is 11.9 Å². The summed E-state index contributed by atoms with van der Waals surface area (Å²) in [6.07, 6.45) is 1.12. The fourth-order valence-corrected chi connectivity index (χ4v) is 4.87. The van der Waals surface area contributed by atoms with E-state index in [1.54, 1.807) is 12.1 Å². The second kappa shape index (κ2) is 12.1. The maximum Gasteiger partial charge on any atom is 0.244 e. The average Bonchev–Trinajstić information content (AvgIpc) is 2.85. The molecule has 0 saturated heterocycles. The molecule has 0 bridgehead atoms. The molecule has 3 rings (SSSR count). The number of hydrogen-bond acceptors (Lipinski definition) is 4. The summed E-state index contributed by atoms with van der Waals surface area (Å²) in [5.74, 6) is -1.82. The van der Waals surface area contributed by atoms with Crippen molar-refractivity contribution in [2.45, 2.75) is 19.0 Å². The topological polar surface area (TPSA) is 86.8 Å². The third-order valence-electron chi connectivity index (χ3n) is 5.58. The normalized spacial score (nSPS) is 12.0. The van der Waals surface area contributed by atoms with Crippen molar-refractivity contribution >= 4 is 43.5 Å². The Hall–Kier alpha value is -3.24. The van der Waals surface area contributed by atoms with Crippen LogP contribution in [0.4, 0.5) is 10.1 Å². The number of benzene rings is 3. The zero-order valence-electron chi connectivity index (χ0n) is 19.9. The van der Waals surface area contributed by atoms with Crippen LogP contribution in [-0.2, 0) is 32.6 Å². The standard InChI is InChI=1S/C26H27BrFN3O4S/c1-29-26(33)24(16-19-8-4-3-5-9-19)30(17-20-12-14-21(27)15-13-20)25(32)18-31(36(2,34)35)23-11-7-6-10-22(23)28/h3-15,24H,16-18H2,1-2H3,(H,29,33). The summed E-state index contributed by atoms with van der Waals surface area (Å²) in [5, 5.41) is 2.61. The van der Waals surface area contributed by atoms with E-state index in [1.165, 1.54) is 30.1 Å². The van der Waals surface area contributed by atoms with Gasteiger partial charge in [-0.2, -0.15) is 0 Å². The van der Waals surface area contributed by atoms with Gasteiger partial charge >= 0.3 is 0 Å². The van der Waals surface area contributed by atoms with Gasteiger partial charge in [-0.05, 0) is 35.4 Å². The van der Waals surface area contributed by atoms with Gasteiger partial charge in [-0.3, -0.25) is 13.9 Å². The number of sulfonamides is 1. The predicted octanol–water partition coefficient (Wildman–Crippen LogP) is 3.74. The molecule has 1 N–H and O–H groups in total. The Kier molecular flexibility index (Phi) is 9.22. The second-order valence-corrected chi connectivity index (χ2v) is 11.0. The zero-order chi connectivity index (χ0) is 26.3. The number of hydrogen-bond donors (Lipinski definition) is 1. The van der Waals surface area contributed by atoms with Crippen molar-refractivity contribution in [1.29, 1.82) is 0 Å². The van der Waals surface area contributed by atoms with Crippen LogP contribution < -0.4 is 9.62 Å². The van der Waals surface area contributed by atoms with Crippen LogP contribution in [-0.4, -0.2) is 51.0 Å². The van der Waals surface area contributed by atoms with Gasteiger partial charge in [-0.15, -0.1) is 0 Å². The second-order valence-electron chi connectivity index (χ2n) is 8.19. The van der Waals surface area contributed by atoms with E-state index >= 15 is 0 Å². The molecule has 0 fully saturated rings. The molecule has 0 aliphatic carbocycles. The largest absolute Gasteiger partial charge is 0.357 e. The molecule has 0 aliphatic rings. The fraction of sp³-hybridized carbons (Fsp3) is 0.231. The number of nitrogens with zero attached hydrogens (tertiary/aromatic N) is 2. The molecule has 190 valence electrons. The first kappa shape index (κ1) is 27.3. The number of likely N-dealkylation sites (N-methyl/N-ethyl adjacent to an activating group) is 1. The van der Waals surface area contributed by atoms with Gasteiger partial charge in [-0.1, -0.05) is 70.5 Å². The van der Waals surface area contributed by atoms with Crippen LogP contribution in [0, 0.1) is 5.82 Å². The molecule has 1 unspecified atom stereocenters. The Morgan fingerprint density at radius 2 is 1.56 bits per heavy atom. The maximum atomic E-state index is 14.5. The predicted molar refractivity (Wildman–Crippen MR) is 141 cm³/mol. The molecule has 10 heteroatoms. The van der Waals surface area contributed by atoms with E-state index in [9.17, 15) is 22.4 Å². The van der Waals surface area contributed by atoms with E-state index in [2.05, 4.69) is 21.2 Å². The third-order valence-corrected chi connectivity index (χ3v) is 7.24. The zero-order valence-corrected chi connectivity index (χ0v) is 22.3. The van der Waals surface area contributed by atoms with E-state index in [1.807, 2.05) is 42.5 Å². The number of amides is 2. The van der Waals surface area contributed by atoms with Crippen molar-refractivity contribution in [3.05, 3.63) is 100 Å². The van der Waals surface area contributed by atoms with E-state index in [0.29, 0.717) is 0 Å². The van der Waals surface area contributed by atoms with Gasteiger partial charge < -0.3 is 10.2 Å². The number of halogens is 2. The van der Waals surface area contributed by atoms with Crippen molar-refractivity contribution < 1.29 is 22.4 Å².